The van der Waals surface area contributed by atoms with Crippen LogP contribution in [0.15, 0.2) is 58.6 Å². The lowest BCUT2D eigenvalue weighted by Crippen LogP contribution is -2.30. The molecule has 0 amide bonds. The molecule has 2 aromatic carbocycles. The molecular weight excluding hydrogens is 406 g/mol. The lowest BCUT2D eigenvalue weighted by atomic mass is 10.2. The zero-order chi connectivity index (χ0) is 21.8. The van der Waals surface area contributed by atoms with Gasteiger partial charge in [-0.1, -0.05) is 18.2 Å². The number of thiocarbonyl (C=S) groups is 1. The molecule has 11 heteroatoms. The molecule has 0 aliphatic rings. The van der Waals surface area contributed by atoms with E-state index in [-0.39, 0.29) is 10.8 Å². The van der Waals surface area contributed by atoms with E-state index >= 15 is 0 Å². The van der Waals surface area contributed by atoms with Gasteiger partial charge in [0.1, 0.15) is 5.69 Å². The first-order valence-corrected chi connectivity index (χ1v) is 9.15. The Bertz CT molecular complexity index is 1210. The molecule has 0 spiro atoms. The summed E-state index contributed by atoms with van der Waals surface area (Å²) in [4.78, 5) is 14.7. The molecule has 0 saturated heterocycles. The van der Waals surface area contributed by atoms with Crippen LogP contribution in [0, 0.1) is 17.0 Å². The van der Waals surface area contributed by atoms with Crippen LogP contribution in [-0.4, -0.2) is 30.7 Å². The van der Waals surface area contributed by atoms with Gasteiger partial charge in [-0.05, 0) is 49.0 Å². The first kappa shape index (κ1) is 20.7. The Morgan fingerprint density at radius 3 is 2.60 bits per heavy atom. The highest BCUT2D eigenvalue weighted by atomic mass is 32.1. The average molecular weight is 425 g/mol. The summed E-state index contributed by atoms with van der Waals surface area (Å²) >= 11 is 4.86. The van der Waals surface area contributed by atoms with Crippen molar-refractivity contribution in [2.75, 3.05) is 0 Å². The molecule has 0 aliphatic carbocycles. The second kappa shape index (κ2) is 8.57. The van der Waals surface area contributed by atoms with Crippen LogP contribution in [0.2, 0.25) is 0 Å². The standard InChI is InChI=1S/C19H19N7O3S/c1-12-17(21-11-13-8-9-15(26(28)29)16(27)10-13)18(22-23-19(20)30)25(24(12)2)14-6-4-3-5-7-14/h3-11,27H,1-2H3,(H3,20,23,30)/b21-11?,22-18-. The van der Waals surface area contributed by atoms with Crippen molar-refractivity contribution >= 4 is 34.9 Å². The number of aliphatic imine (C=N–C) groups is 1. The summed E-state index contributed by atoms with van der Waals surface area (Å²) in [5, 5.41) is 25.0. The molecule has 0 bridgehead atoms. The fourth-order valence-corrected chi connectivity index (χ4v) is 2.89. The monoisotopic (exact) mass is 425 g/mol. The van der Waals surface area contributed by atoms with Crippen LogP contribution in [0.4, 0.5) is 11.4 Å². The molecule has 3 rings (SSSR count). The van der Waals surface area contributed by atoms with Crippen LogP contribution >= 0.6 is 12.2 Å². The van der Waals surface area contributed by atoms with Crippen molar-refractivity contribution in [3.63, 3.8) is 0 Å². The molecule has 3 aromatic rings. The van der Waals surface area contributed by atoms with Gasteiger partial charge >= 0.3 is 5.69 Å². The minimum Gasteiger partial charge on any atom is -0.502 e. The number of nitro benzene ring substituents is 1. The Balaban J connectivity index is 2.14. The zero-order valence-corrected chi connectivity index (χ0v) is 17.0. The molecule has 30 heavy (non-hydrogen) atoms. The normalized spacial score (nSPS) is 11.7. The number of aromatic nitrogens is 2. The Hall–Kier alpha value is -3.99. The summed E-state index contributed by atoms with van der Waals surface area (Å²) in [5.74, 6) is -0.437. The first-order valence-electron chi connectivity index (χ1n) is 8.74. The number of aromatic hydroxyl groups is 1. The van der Waals surface area contributed by atoms with Gasteiger partial charge in [0.2, 0.25) is 0 Å². The smallest absolute Gasteiger partial charge is 0.310 e. The number of nitrogens with one attached hydrogen (secondary N) is 1. The maximum absolute atomic E-state index is 10.9. The lowest BCUT2D eigenvalue weighted by molar-refractivity contribution is -0.385. The number of hydrogen-bond donors (Lipinski definition) is 3. The number of phenols is 1. The maximum Gasteiger partial charge on any atom is 0.310 e. The largest absolute Gasteiger partial charge is 0.502 e. The van der Waals surface area contributed by atoms with Crippen molar-refractivity contribution in [2.24, 2.45) is 22.9 Å². The molecule has 0 radical (unpaired) electrons. The third kappa shape index (κ3) is 4.20. The summed E-state index contributed by atoms with van der Waals surface area (Å²) in [6.45, 7) is 1.87. The number of rotatable bonds is 5. The topological polar surface area (TPSA) is 136 Å². The van der Waals surface area contributed by atoms with Crippen LogP contribution in [0.1, 0.15) is 11.3 Å². The summed E-state index contributed by atoms with van der Waals surface area (Å²) in [7, 11) is 1.86. The summed E-state index contributed by atoms with van der Waals surface area (Å²) in [5.41, 5.74) is 10.9. The van der Waals surface area contributed by atoms with Gasteiger partial charge in [0.05, 0.1) is 16.3 Å². The van der Waals surface area contributed by atoms with E-state index in [1.165, 1.54) is 24.4 Å². The highest BCUT2D eigenvalue weighted by molar-refractivity contribution is 7.80. The summed E-state index contributed by atoms with van der Waals surface area (Å²) in [6, 6.07) is 13.5. The quantitative estimate of drug-likeness (QED) is 0.248. The Kier molecular flexibility index (Phi) is 5.93. The van der Waals surface area contributed by atoms with E-state index < -0.39 is 10.7 Å². The van der Waals surface area contributed by atoms with Crippen LogP contribution in [-0.2, 0) is 7.05 Å². The van der Waals surface area contributed by atoms with E-state index in [0.717, 1.165) is 11.4 Å². The Labute approximate surface area is 176 Å². The molecule has 0 unspecified atom stereocenters. The van der Waals surface area contributed by atoms with Gasteiger partial charge < -0.3 is 10.8 Å². The predicted octanol–water partition coefficient (Wildman–Crippen LogP) is 2.14. The third-order valence-corrected chi connectivity index (χ3v) is 4.44. The van der Waals surface area contributed by atoms with Gasteiger partial charge in [0.25, 0.3) is 0 Å². The van der Waals surface area contributed by atoms with E-state index in [9.17, 15) is 15.2 Å². The van der Waals surface area contributed by atoms with E-state index in [0.29, 0.717) is 16.7 Å². The van der Waals surface area contributed by atoms with Gasteiger partial charge in [-0.15, -0.1) is 0 Å². The Morgan fingerprint density at radius 2 is 2.00 bits per heavy atom. The molecule has 0 saturated carbocycles. The number of nitrogens with two attached hydrogens (primary N) is 1. The highest BCUT2D eigenvalue weighted by Gasteiger charge is 2.15. The van der Waals surface area contributed by atoms with E-state index in [4.69, 9.17) is 18.0 Å². The minimum atomic E-state index is -0.654. The average Bonchev–Trinajstić information content (AvgIpc) is 2.95. The summed E-state index contributed by atoms with van der Waals surface area (Å²) < 4.78 is 3.70. The summed E-state index contributed by atoms with van der Waals surface area (Å²) in [6.07, 6.45) is 1.49. The van der Waals surface area contributed by atoms with E-state index in [2.05, 4.69) is 15.5 Å². The second-order valence-electron chi connectivity index (χ2n) is 6.28. The van der Waals surface area contributed by atoms with Gasteiger partial charge in [-0.3, -0.25) is 25.2 Å². The fraction of sp³-hybridized carbons (Fsp3) is 0.105. The number of benzene rings is 2. The minimum absolute atomic E-state index is 0.00587. The van der Waals surface area contributed by atoms with E-state index in [1.54, 1.807) is 0 Å². The van der Waals surface area contributed by atoms with Crippen molar-refractivity contribution in [2.45, 2.75) is 6.92 Å². The fourth-order valence-electron chi connectivity index (χ4n) is 2.85. The van der Waals surface area contributed by atoms with Crippen molar-refractivity contribution < 1.29 is 10.0 Å². The van der Waals surface area contributed by atoms with Crippen molar-refractivity contribution in [3.8, 4) is 11.4 Å². The number of nitrogens with zero attached hydrogens (tertiary/aromatic N) is 5. The zero-order valence-electron chi connectivity index (χ0n) is 16.2. The maximum atomic E-state index is 10.9. The highest BCUT2D eigenvalue weighted by Crippen LogP contribution is 2.26. The van der Waals surface area contributed by atoms with Crippen molar-refractivity contribution in [1.29, 1.82) is 0 Å². The molecule has 1 aromatic heterocycles. The Morgan fingerprint density at radius 1 is 1.30 bits per heavy atom. The molecule has 10 nitrogen and oxygen atoms in total. The van der Waals surface area contributed by atoms with Crippen molar-refractivity contribution in [1.82, 2.24) is 14.8 Å². The van der Waals surface area contributed by atoms with Crippen LogP contribution in [0.3, 0.4) is 0 Å². The van der Waals surface area contributed by atoms with Gasteiger partial charge in [-0.25, -0.2) is 4.68 Å². The molecule has 1 heterocycles. The van der Waals surface area contributed by atoms with Crippen LogP contribution < -0.4 is 16.6 Å². The van der Waals surface area contributed by atoms with Gasteiger partial charge in [0.15, 0.2) is 16.3 Å². The second-order valence-corrected chi connectivity index (χ2v) is 6.72. The molecule has 4 N–H and O–H groups in total. The number of hydrogen-bond acceptors (Lipinski definition) is 6. The lowest BCUT2D eigenvalue weighted by Gasteiger charge is -2.09. The van der Waals surface area contributed by atoms with Gasteiger partial charge in [-0.2, -0.15) is 5.10 Å². The van der Waals surface area contributed by atoms with Crippen LogP contribution in [0.25, 0.3) is 5.69 Å². The molecule has 0 aliphatic heterocycles. The number of para-hydroxylation sites is 1. The molecule has 0 fully saturated rings. The van der Waals surface area contributed by atoms with E-state index in [1.807, 2.05) is 53.7 Å². The first-order chi connectivity index (χ1) is 14.3. The SMILES string of the molecule is Cc1c(N=Cc2ccc([N+](=O)[O-])c(O)c2)/c(=N/NC(N)=S)n(-c2ccccc2)n1C. The van der Waals surface area contributed by atoms with Gasteiger partial charge in [0, 0.05) is 19.3 Å². The molecule has 0 atom stereocenters. The number of phenolic OH excluding ortho intramolecular Hbond substituents is 1. The predicted molar refractivity (Wildman–Crippen MR) is 117 cm³/mol. The molecule has 154 valence electrons. The third-order valence-electron chi connectivity index (χ3n) is 4.35. The van der Waals surface area contributed by atoms with Crippen molar-refractivity contribution in [3.05, 3.63) is 75.4 Å². The number of nitro groups is 1. The van der Waals surface area contributed by atoms with Crippen LogP contribution in [0.5, 0.6) is 5.75 Å². The molecular formula is C19H19N7O3S.